The Kier molecular flexibility index (Phi) is 12.9. The Morgan fingerprint density at radius 2 is 1.63 bits per heavy atom. The van der Waals surface area contributed by atoms with E-state index >= 15 is 0 Å². The Labute approximate surface area is 344 Å². The third kappa shape index (κ3) is 9.75. The molecule has 16 nitrogen and oxygen atoms in total. The summed E-state index contributed by atoms with van der Waals surface area (Å²) in [6.07, 6.45) is 6.93. The zero-order valence-electron chi connectivity index (χ0n) is 32.7. The number of imide groups is 2. The van der Waals surface area contributed by atoms with E-state index in [4.69, 9.17) is 0 Å². The van der Waals surface area contributed by atoms with Gasteiger partial charge in [-0.15, -0.1) is 0 Å². The molecular weight excluding hydrogens is 775 g/mol. The van der Waals surface area contributed by atoms with Gasteiger partial charge in [0.15, 0.2) is 11.1 Å². The lowest BCUT2D eigenvalue weighted by Gasteiger charge is -2.36. The monoisotopic (exact) mass is 821 g/mol. The standard InChI is InChI=1S/C42H47N9O7S/c1-27-26-44-42(48-38(27)45-29-9-7-10-31(25-29)59(57)58)46-28-14-16-30(17-15-28)49-21-23-50(24-22-49)36(53)13-5-3-2-4-6-20-43-33-12-8-11-32-37(33)41(56)51(40(32)55)34-18-19-35(52)47-39(34)54/h7-12,14-17,25-26,34,43H,2-6,13,18-24H2,1H3,(H,57,58)(H,47,52,54)(H2,44,45,46,48). The first-order valence-corrected chi connectivity index (χ1v) is 21.0. The summed E-state index contributed by atoms with van der Waals surface area (Å²) in [6.45, 7) is 5.30. The summed E-state index contributed by atoms with van der Waals surface area (Å²) in [6, 6.07) is 18.7. The number of hydrogen-bond acceptors (Lipinski definition) is 12. The summed E-state index contributed by atoms with van der Waals surface area (Å²) in [4.78, 5) is 77.8. The lowest BCUT2D eigenvalue weighted by molar-refractivity contribution is -0.136. The quantitative estimate of drug-likeness (QED) is 0.0550. The molecule has 4 heterocycles. The van der Waals surface area contributed by atoms with Crippen LogP contribution in [0.25, 0.3) is 0 Å². The first-order valence-electron chi connectivity index (χ1n) is 19.9. The van der Waals surface area contributed by atoms with Crippen LogP contribution in [0.3, 0.4) is 0 Å². The predicted molar refractivity (Wildman–Crippen MR) is 223 cm³/mol. The highest BCUT2D eigenvalue weighted by atomic mass is 32.2. The number of hydrogen-bond donors (Lipinski definition) is 5. The van der Waals surface area contributed by atoms with E-state index in [-0.39, 0.29) is 29.9 Å². The van der Waals surface area contributed by atoms with Gasteiger partial charge < -0.3 is 30.3 Å². The second-order valence-corrected chi connectivity index (χ2v) is 15.8. The molecule has 3 aliphatic heterocycles. The van der Waals surface area contributed by atoms with E-state index < -0.39 is 40.8 Å². The van der Waals surface area contributed by atoms with Crippen molar-refractivity contribution in [2.75, 3.05) is 53.6 Å². The third-order valence-corrected chi connectivity index (χ3v) is 11.4. The topological polar surface area (TPSA) is 206 Å². The number of aromatic nitrogens is 2. The largest absolute Gasteiger partial charge is 0.384 e. The van der Waals surface area contributed by atoms with Gasteiger partial charge in [-0.25, -0.2) is 9.19 Å². The summed E-state index contributed by atoms with van der Waals surface area (Å²) in [7, 11) is 0. The van der Waals surface area contributed by atoms with Gasteiger partial charge in [-0.1, -0.05) is 31.4 Å². The number of nitrogens with one attached hydrogen (secondary N) is 4. The predicted octanol–water partition coefficient (Wildman–Crippen LogP) is 5.36. The number of aryl methyl sites for hydroxylation is 1. The lowest BCUT2D eigenvalue weighted by Crippen LogP contribution is -2.54. The van der Waals surface area contributed by atoms with E-state index in [0.29, 0.717) is 54.1 Å². The average molecular weight is 822 g/mol. The first kappa shape index (κ1) is 41.0. The van der Waals surface area contributed by atoms with Crippen LogP contribution in [0, 0.1) is 6.92 Å². The van der Waals surface area contributed by atoms with Crippen molar-refractivity contribution in [3.8, 4) is 0 Å². The molecule has 0 bridgehead atoms. The molecule has 0 spiro atoms. The Balaban J connectivity index is 0.787. The van der Waals surface area contributed by atoms with E-state index in [1.165, 1.54) is 0 Å². The number of anilines is 6. The summed E-state index contributed by atoms with van der Waals surface area (Å²) in [5, 5.41) is 12.0. The summed E-state index contributed by atoms with van der Waals surface area (Å²) in [5.74, 6) is -0.926. The minimum Gasteiger partial charge on any atom is -0.384 e. The molecule has 59 heavy (non-hydrogen) atoms. The van der Waals surface area contributed by atoms with Crippen molar-refractivity contribution in [2.24, 2.45) is 0 Å². The van der Waals surface area contributed by atoms with Crippen LogP contribution in [0.1, 0.15) is 77.6 Å². The zero-order chi connectivity index (χ0) is 41.5. The van der Waals surface area contributed by atoms with Crippen LogP contribution >= 0.6 is 0 Å². The molecule has 0 saturated carbocycles. The van der Waals surface area contributed by atoms with Crippen LogP contribution in [-0.2, 0) is 25.5 Å². The first-order chi connectivity index (χ1) is 28.5. The van der Waals surface area contributed by atoms with Gasteiger partial charge in [0.2, 0.25) is 23.7 Å². The summed E-state index contributed by atoms with van der Waals surface area (Å²) in [5.41, 5.74) is 4.41. The van der Waals surface area contributed by atoms with Crippen LogP contribution < -0.4 is 26.2 Å². The number of benzene rings is 3. The number of piperidine rings is 1. The van der Waals surface area contributed by atoms with Crippen LogP contribution in [0.2, 0.25) is 0 Å². The maximum absolute atomic E-state index is 13.3. The van der Waals surface area contributed by atoms with Crippen molar-refractivity contribution >= 4 is 75.1 Å². The maximum Gasteiger partial charge on any atom is 0.264 e. The van der Waals surface area contributed by atoms with E-state index in [0.717, 1.165) is 67.0 Å². The van der Waals surface area contributed by atoms with Crippen LogP contribution in [0.4, 0.5) is 34.5 Å². The Hall–Kier alpha value is -6.20. The van der Waals surface area contributed by atoms with Crippen molar-refractivity contribution in [1.29, 1.82) is 0 Å². The van der Waals surface area contributed by atoms with Gasteiger partial charge in [-0.2, -0.15) is 4.98 Å². The summed E-state index contributed by atoms with van der Waals surface area (Å²) >= 11 is -2.08. The Morgan fingerprint density at radius 3 is 2.39 bits per heavy atom. The van der Waals surface area contributed by atoms with Gasteiger partial charge in [0.05, 0.1) is 16.0 Å². The number of nitrogens with zero attached hydrogens (tertiary/aromatic N) is 5. The SMILES string of the molecule is Cc1cnc(Nc2ccc(N3CCN(C(=O)CCCCCCCNc4cccc5c4C(=O)N(C4CCC(=O)NC4=O)C5=O)CC3)cc2)nc1Nc1cccc(S(=O)O)c1. The lowest BCUT2D eigenvalue weighted by atomic mass is 10.0. The highest BCUT2D eigenvalue weighted by Gasteiger charge is 2.45. The molecule has 3 aromatic carbocycles. The van der Waals surface area contributed by atoms with Gasteiger partial charge >= 0.3 is 0 Å². The van der Waals surface area contributed by atoms with Crippen molar-refractivity contribution < 1.29 is 32.7 Å². The normalized spacial score (nSPS) is 17.1. The number of unbranched alkanes of at least 4 members (excludes halogenated alkanes) is 4. The van der Waals surface area contributed by atoms with Gasteiger partial charge in [0, 0.05) is 80.1 Å². The minimum atomic E-state index is -2.08. The zero-order valence-corrected chi connectivity index (χ0v) is 33.6. The second kappa shape index (κ2) is 18.6. The number of carbonyl (C=O) groups excluding carboxylic acids is 5. The molecule has 2 fully saturated rings. The molecule has 2 atom stereocenters. The fraction of sp³-hybridized carbons (Fsp3) is 0.357. The van der Waals surface area contributed by atoms with Crippen LogP contribution in [0.5, 0.6) is 0 Å². The molecule has 0 aliphatic carbocycles. The molecule has 2 unspecified atom stereocenters. The number of fused-ring (bicyclic) bond motifs is 1. The fourth-order valence-electron chi connectivity index (χ4n) is 7.52. The van der Waals surface area contributed by atoms with Crippen molar-refractivity contribution in [1.82, 2.24) is 25.1 Å². The van der Waals surface area contributed by atoms with Crippen molar-refractivity contribution in [2.45, 2.75) is 69.2 Å². The highest BCUT2D eigenvalue weighted by molar-refractivity contribution is 7.79. The number of amides is 5. The Morgan fingerprint density at radius 1 is 0.881 bits per heavy atom. The smallest absolute Gasteiger partial charge is 0.264 e. The van der Waals surface area contributed by atoms with Gasteiger partial charge in [-0.3, -0.25) is 34.2 Å². The minimum absolute atomic E-state index is 0.0732. The molecule has 5 N–H and O–H groups in total. The molecule has 5 amide bonds. The van der Waals surface area contributed by atoms with Crippen LogP contribution in [0.15, 0.2) is 77.8 Å². The molecule has 308 valence electrons. The molecular formula is C42H47N9O7S. The number of rotatable bonds is 16. The van der Waals surface area contributed by atoms with Gasteiger partial charge in [-0.05, 0) is 80.8 Å². The molecule has 3 aliphatic rings. The summed E-state index contributed by atoms with van der Waals surface area (Å²) < 4.78 is 20.9. The Bertz CT molecular complexity index is 2260. The molecule has 17 heteroatoms. The molecule has 2 saturated heterocycles. The number of piperazine rings is 1. The van der Waals surface area contributed by atoms with Crippen molar-refractivity contribution in [3.63, 3.8) is 0 Å². The second-order valence-electron chi connectivity index (χ2n) is 14.8. The van der Waals surface area contributed by atoms with E-state index in [9.17, 15) is 32.7 Å². The highest BCUT2D eigenvalue weighted by Crippen LogP contribution is 2.32. The van der Waals surface area contributed by atoms with Gasteiger partial charge in [0.25, 0.3) is 11.8 Å². The fourth-order valence-corrected chi connectivity index (χ4v) is 7.94. The van der Waals surface area contributed by atoms with E-state index in [1.807, 2.05) is 36.1 Å². The molecule has 1 aromatic heterocycles. The van der Waals surface area contributed by atoms with Crippen molar-refractivity contribution in [3.05, 3.63) is 89.6 Å². The third-order valence-electron chi connectivity index (χ3n) is 10.7. The molecule has 4 aromatic rings. The average Bonchev–Trinajstić information content (AvgIpc) is 3.49. The van der Waals surface area contributed by atoms with E-state index in [2.05, 4.69) is 36.1 Å². The maximum atomic E-state index is 13.3. The molecule has 7 rings (SSSR count). The number of carbonyl (C=O) groups is 5. The molecule has 0 radical (unpaired) electrons. The van der Waals surface area contributed by atoms with Crippen LogP contribution in [-0.4, -0.2) is 96.8 Å². The van der Waals surface area contributed by atoms with Gasteiger partial charge in [0.1, 0.15) is 11.9 Å². The van der Waals surface area contributed by atoms with E-state index in [1.54, 1.807) is 48.7 Å².